The van der Waals surface area contributed by atoms with Crippen LogP contribution in [0.15, 0.2) is 36.5 Å². The van der Waals surface area contributed by atoms with Gasteiger partial charge in [-0.2, -0.15) is 0 Å². The molecule has 1 aliphatic heterocycles. The van der Waals surface area contributed by atoms with E-state index in [2.05, 4.69) is 9.88 Å². The lowest BCUT2D eigenvalue weighted by atomic mass is 9.89. The molecule has 2 heterocycles. The number of benzene rings is 1. The van der Waals surface area contributed by atoms with Gasteiger partial charge in [0.2, 0.25) is 5.88 Å². The molecule has 3 atom stereocenters. The van der Waals surface area contributed by atoms with Gasteiger partial charge in [-0.1, -0.05) is 35.3 Å². The molecule has 3 unspecified atom stereocenters. The normalized spacial score (nSPS) is 17.9. The molecule has 1 aromatic heterocycles. The maximum absolute atomic E-state index is 11.8. The zero-order chi connectivity index (χ0) is 23.6. The highest BCUT2D eigenvalue weighted by atomic mass is 35.5. The quantitative estimate of drug-likeness (QED) is 0.319. The van der Waals surface area contributed by atoms with Crippen LogP contribution in [-0.2, 0) is 9.53 Å². The molecule has 0 spiro atoms. The second-order valence-corrected chi connectivity index (χ2v) is 8.93. The summed E-state index contributed by atoms with van der Waals surface area (Å²) in [4.78, 5) is 18.6. The minimum atomic E-state index is -0.311. The van der Waals surface area contributed by atoms with E-state index in [0.717, 1.165) is 37.8 Å². The van der Waals surface area contributed by atoms with Crippen molar-refractivity contribution in [3.8, 4) is 11.6 Å². The van der Waals surface area contributed by atoms with Gasteiger partial charge in [-0.25, -0.2) is 4.98 Å². The molecule has 1 fully saturated rings. The number of ether oxygens (including phenoxy) is 3. The summed E-state index contributed by atoms with van der Waals surface area (Å²) in [6.45, 7) is 3.31. The third-order valence-corrected chi connectivity index (χ3v) is 6.39. The van der Waals surface area contributed by atoms with E-state index in [1.54, 1.807) is 37.6 Å². The molecule has 1 aromatic carbocycles. The van der Waals surface area contributed by atoms with Gasteiger partial charge in [0.25, 0.3) is 0 Å². The van der Waals surface area contributed by atoms with E-state index in [4.69, 9.17) is 43.1 Å². The average Bonchev–Trinajstić information content (AvgIpc) is 2.82. The van der Waals surface area contributed by atoms with Gasteiger partial charge in [0, 0.05) is 44.4 Å². The van der Waals surface area contributed by atoms with Crippen LogP contribution in [0.1, 0.15) is 24.4 Å². The maximum Gasteiger partial charge on any atom is 0.213 e. The second-order valence-electron chi connectivity index (χ2n) is 8.12. The first-order chi connectivity index (χ1) is 16.1. The van der Waals surface area contributed by atoms with E-state index in [1.165, 1.54) is 0 Å². The average molecular weight is 533 g/mol. The van der Waals surface area contributed by atoms with Crippen molar-refractivity contribution in [3.05, 3.63) is 52.1 Å². The number of nitrogens with zero attached hydrogens (tertiary/aromatic N) is 2. The van der Waals surface area contributed by atoms with E-state index < -0.39 is 0 Å². The van der Waals surface area contributed by atoms with E-state index in [9.17, 15) is 4.79 Å². The molecule has 34 heavy (non-hydrogen) atoms. The molecule has 0 aliphatic carbocycles. The highest BCUT2D eigenvalue weighted by Crippen LogP contribution is 2.33. The first-order valence-electron chi connectivity index (χ1n) is 11.1. The van der Waals surface area contributed by atoms with Crippen molar-refractivity contribution in [2.45, 2.75) is 18.9 Å². The number of methoxy groups -OCH3 is 1. The number of halogens is 3. The first-order valence-corrected chi connectivity index (χ1v) is 11.9. The van der Waals surface area contributed by atoms with Crippen molar-refractivity contribution in [3.63, 3.8) is 0 Å². The van der Waals surface area contributed by atoms with Gasteiger partial charge in [0.1, 0.15) is 19.5 Å². The summed E-state index contributed by atoms with van der Waals surface area (Å²) in [6, 6.07) is 8.82. The van der Waals surface area contributed by atoms with Gasteiger partial charge in [-0.3, -0.25) is 4.90 Å². The zero-order valence-electron chi connectivity index (χ0n) is 19.2. The number of para-hydroxylation sites is 1. The predicted molar refractivity (Wildman–Crippen MR) is 136 cm³/mol. The number of piperidine rings is 1. The lowest BCUT2D eigenvalue weighted by Gasteiger charge is -2.40. The Morgan fingerprint density at radius 2 is 1.94 bits per heavy atom. The van der Waals surface area contributed by atoms with Crippen molar-refractivity contribution in [2.24, 2.45) is 17.6 Å². The van der Waals surface area contributed by atoms with Crippen LogP contribution in [0, 0.1) is 11.8 Å². The topological polar surface area (TPSA) is 86.9 Å². The number of pyridine rings is 1. The van der Waals surface area contributed by atoms with Crippen LogP contribution in [0.25, 0.3) is 0 Å². The summed E-state index contributed by atoms with van der Waals surface area (Å²) >= 11 is 12.2. The molecule has 1 aliphatic rings. The molecule has 2 N–H and O–H groups in total. The summed E-state index contributed by atoms with van der Waals surface area (Å²) in [5.74, 6) is 1.04. The van der Waals surface area contributed by atoms with E-state index in [0.29, 0.717) is 34.2 Å². The molecule has 0 amide bonds. The van der Waals surface area contributed by atoms with Crippen molar-refractivity contribution in [2.75, 3.05) is 46.6 Å². The Morgan fingerprint density at radius 3 is 2.56 bits per heavy atom. The largest absolute Gasteiger partial charge is 0.487 e. The molecule has 0 radical (unpaired) electrons. The molecule has 10 heteroatoms. The molecule has 7 nitrogen and oxygen atoms in total. The van der Waals surface area contributed by atoms with Gasteiger partial charge >= 0.3 is 0 Å². The fourth-order valence-corrected chi connectivity index (χ4v) is 4.78. The lowest BCUT2D eigenvalue weighted by molar-refractivity contribution is -0.113. The van der Waals surface area contributed by atoms with Gasteiger partial charge in [-0.05, 0) is 43.0 Å². The molecule has 2 aromatic rings. The fourth-order valence-electron chi connectivity index (χ4n) is 4.27. The van der Waals surface area contributed by atoms with Crippen LogP contribution >= 0.6 is 35.6 Å². The highest BCUT2D eigenvalue weighted by Gasteiger charge is 2.32. The Hall–Kier alpha value is -1.61. The third-order valence-electron chi connectivity index (χ3n) is 5.80. The zero-order valence-corrected chi connectivity index (χ0v) is 21.5. The number of rotatable bonds is 12. The van der Waals surface area contributed by atoms with E-state index in [-0.39, 0.29) is 44.1 Å². The first kappa shape index (κ1) is 28.6. The van der Waals surface area contributed by atoms with Crippen LogP contribution in [-0.4, -0.2) is 62.7 Å². The summed E-state index contributed by atoms with van der Waals surface area (Å²) in [6.07, 6.45) is 4.90. The number of aldehydes is 1. The van der Waals surface area contributed by atoms with Gasteiger partial charge in [-0.15, -0.1) is 12.4 Å². The van der Waals surface area contributed by atoms with Crippen LogP contribution in [0.2, 0.25) is 10.0 Å². The van der Waals surface area contributed by atoms with Crippen molar-refractivity contribution in [1.29, 1.82) is 0 Å². The second kappa shape index (κ2) is 14.7. The fraction of sp³-hybridized carbons (Fsp3) is 0.500. The standard InChI is InChI=1S/C24H31Cl2N3O4.ClH/c1-31-16-17-4-3-9-29(14-17)23(19(12-27)15-30)18-7-8-22(28-13-18)32-10-11-33-24-20(25)5-2-6-21(24)26;/h2,5-8,13,15,17,19,23H,3-4,9-12,14,16,27H2,1H3;1H. The number of carbonyl (C=O) groups is 1. The number of hydrogen-bond donors (Lipinski definition) is 1. The summed E-state index contributed by atoms with van der Waals surface area (Å²) in [5.41, 5.74) is 6.89. The van der Waals surface area contributed by atoms with Crippen molar-refractivity contribution >= 4 is 41.9 Å². The number of likely N-dealkylation sites (tertiary alicyclic amines) is 1. The number of carbonyl (C=O) groups excluding carboxylic acids is 1. The van der Waals surface area contributed by atoms with E-state index in [1.807, 2.05) is 6.07 Å². The number of aromatic nitrogens is 1. The Bertz CT molecular complexity index is 866. The maximum atomic E-state index is 11.8. The van der Waals surface area contributed by atoms with Gasteiger partial charge in [0.05, 0.1) is 16.7 Å². The molecule has 3 rings (SSSR count). The third kappa shape index (κ3) is 7.70. The Kier molecular flexibility index (Phi) is 12.4. The molecule has 0 bridgehead atoms. The van der Waals surface area contributed by atoms with Gasteiger partial charge < -0.3 is 24.7 Å². The molecule has 0 saturated carbocycles. The van der Waals surface area contributed by atoms with Crippen LogP contribution in [0.3, 0.4) is 0 Å². The number of hydrogen-bond acceptors (Lipinski definition) is 7. The monoisotopic (exact) mass is 531 g/mol. The molecular formula is C24H32Cl3N3O4. The minimum Gasteiger partial charge on any atom is -0.487 e. The Morgan fingerprint density at radius 1 is 1.21 bits per heavy atom. The predicted octanol–water partition coefficient (Wildman–Crippen LogP) is 4.44. The lowest BCUT2D eigenvalue weighted by Crippen LogP contribution is -2.44. The summed E-state index contributed by atoms with van der Waals surface area (Å²) in [7, 11) is 1.72. The van der Waals surface area contributed by atoms with Crippen molar-refractivity contribution in [1.82, 2.24) is 9.88 Å². The van der Waals surface area contributed by atoms with Crippen LogP contribution in [0.4, 0.5) is 0 Å². The smallest absolute Gasteiger partial charge is 0.213 e. The van der Waals surface area contributed by atoms with Crippen LogP contribution < -0.4 is 15.2 Å². The van der Waals surface area contributed by atoms with Crippen molar-refractivity contribution < 1.29 is 19.0 Å². The molecular weight excluding hydrogens is 501 g/mol. The summed E-state index contributed by atoms with van der Waals surface area (Å²) in [5, 5.41) is 0.900. The molecule has 1 saturated heterocycles. The minimum absolute atomic E-state index is 0. The van der Waals surface area contributed by atoms with Crippen LogP contribution in [0.5, 0.6) is 11.6 Å². The SMILES string of the molecule is COCC1CCCN(C(c2ccc(OCCOc3c(Cl)cccc3Cl)nc2)C(C=O)CN)C1.Cl. The molecule has 188 valence electrons. The number of nitrogens with two attached hydrogens (primary N) is 1. The van der Waals surface area contributed by atoms with E-state index >= 15 is 0 Å². The van der Waals surface area contributed by atoms with Gasteiger partial charge in [0.15, 0.2) is 5.75 Å². The Labute approximate surface area is 217 Å². The highest BCUT2D eigenvalue weighted by molar-refractivity contribution is 6.37. The summed E-state index contributed by atoms with van der Waals surface area (Å²) < 4.78 is 16.7. The Balaban J connectivity index is 0.00000408.